The van der Waals surface area contributed by atoms with Gasteiger partial charge in [-0.3, -0.25) is 4.79 Å². The lowest BCUT2D eigenvalue weighted by atomic mass is 9.90. The van der Waals surface area contributed by atoms with E-state index in [9.17, 15) is 9.18 Å². The van der Waals surface area contributed by atoms with Gasteiger partial charge in [-0.1, -0.05) is 23.5 Å². The number of benzene rings is 2. The van der Waals surface area contributed by atoms with Crippen LogP contribution in [0.3, 0.4) is 0 Å². The average Bonchev–Trinajstić information content (AvgIpc) is 3.52. The Morgan fingerprint density at radius 1 is 0.973 bits per heavy atom. The Balaban J connectivity index is 1.02. The van der Waals surface area contributed by atoms with Crippen molar-refractivity contribution in [3.05, 3.63) is 70.9 Å². The van der Waals surface area contributed by atoms with Crippen LogP contribution in [-0.4, -0.2) is 50.3 Å². The van der Waals surface area contributed by atoms with E-state index in [1.165, 1.54) is 22.6 Å². The van der Waals surface area contributed by atoms with E-state index < -0.39 is 0 Å². The van der Waals surface area contributed by atoms with E-state index in [4.69, 9.17) is 9.72 Å². The normalized spacial score (nSPS) is 16.9. The molecule has 0 atom stereocenters. The van der Waals surface area contributed by atoms with Gasteiger partial charge < -0.3 is 19.9 Å². The van der Waals surface area contributed by atoms with Gasteiger partial charge in [-0.15, -0.1) is 11.3 Å². The van der Waals surface area contributed by atoms with E-state index in [0.29, 0.717) is 10.8 Å². The number of hydrogen-bond acceptors (Lipinski definition) is 7. The molecule has 0 unspecified atom stereocenters. The molecular formula is C28H29FN4O2S2. The Labute approximate surface area is 223 Å². The van der Waals surface area contributed by atoms with Gasteiger partial charge in [0.05, 0.1) is 22.8 Å². The van der Waals surface area contributed by atoms with E-state index in [2.05, 4.69) is 27.2 Å². The van der Waals surface area contributed by atoms with E-state index in [1.54, 1.807) is 23.5 Å². The monoisotopic (exact) mass is 536 g/mol. The van der Waals surface area contributed by atoms with Crippen LogP contribution in [0, 0.1) is 11.7 Å². The molecule has 0 radical (unpaired) electrons. The summed E-state index contributed by atoms with van der Waals surface area (Å²) in [6, 6.07) is 16.9. The zero-order chi connectivity index (χ0) is 25.2. The number of aromatic nitrogens is 1. The molecule has 2 aliphatic heterocycles. The van der Waals surface area contributed by atoms with Crippen molar-refractivity contribution >= 4 is 54.6 Å². The highest BCUT2D eigenvalue weighted by atomic mass is 32.1. The summed E-state index contributed by atoms with van der Waals surface area (Å²) in [6.45, 7) is 5.19. The van der Waals surface area contributed by atoms with Crippen molar-refractivity contribution in [2.45, 2.75) is 19.3 Å². The predicted molar refractivity (Wildman–Crippen MR) is 150 cm³/mol. The number of nitrogens with one attached hydrogen (secondary N) is 1. The number of ether oxygens (including phenoxy) is 1. The highest BCUT2D eigenvalue weighted by Gasteiger charge is 2.21. The van der Waals surface area contributed by atoms with Crippen LogP contribution in [0.25, 0.3) is 9.53 Å². The zero-order valence-electron chi connectivity index (χ0n) is 20.5. The Morgan fingerprint density at radius 3 is 2.41 bits per heavy atom. The molecule has 4 heterocycles. The molecule has 4 aromatic rings. The molecule has 0 aliphatic carbocycles. The first-order chi connectivity index (χ1) is 18.1. The first-order valence-corrected chi connectivity index (χ1v) is 14.4. The zero-order valence-corrected chi connectivity index (χ0v) is 22.1. The second kappa shape index (κ2) is 10.8. The second-order valence-electron chi connectivity index (χ2n) is 9.64. The van der Waals surface area contributed by atoms with Crippen molar-refractivity contribution in [2.24, 2.45) is 5.92 Å². The predicted octanol–water partition coefficient (Wildman–Crippen LogP) is 6.04. The number of morpholine rings is 1. The number of amides is 1. The third-order valence-corrected chi connectivity index (χ3v) is 9.35. The lowest BCUT2D eigenvalue weighted by molar-refractivity contribution is 0.103. The lowest BCUT2D eigenvalue weighted by Gasteiger charge is -2.33. The topological polar surface area (TPSA) is 57.7 Å². The Kier molecular flexibility index (Phi) is 7.08. The largest absolute Gasteiger partial charge is 0.378 e. The van der Waals surface area contributed by atoms with Gasteiger partial charge in [0.25, 0.3) is 5.91 Å². The molecule has 1 N–H and O–H groups in total. The molecule has 2 aliphatic rings. The first kappa shape index (κ1) is 24.3. The summed E-state index contributed by atoms with van der Waals surface area (Å²) in [7, 11) is 0. The van der Waals surface area contributed by atoms with Crippen molar-refractivity contribution in [1.29, 1.82) is 0 Å². The number of rotatable bonds is 6. The fourth-order valence-electron chi connectivity index (χ4n) is 5.02. The number of halogens is 1. The molecule has 0 saturated carbocycles. The summed E-state index contributed by atoms with van der Waals surface area (Å²) in [6.07, 6.45) is 3.24. The maximum Gasteiger partial charge on any atom is 0.265 e. The third-order valence-electron chi connectivity index (χ3n) is 7.13. The van der Waals surface area contributed by atoms with Crippen LogP contribution in [0.5, 0.6) is 0 Å². The first-order valence-electron chi connectivity index (χ1n) is 12.7. The van der Waals surface area contributed by atoms with Gasteiger partial charge >= 0.3 is 0 Å². The molecule has 192 valence electrons. The summed E-state index contributed by atoms with van der Waals surface area (Å²) < 4.78 is 19.6. The average molecular weight is 537 g/mol. The van der Waals surface area contributed by atoms with Crippen LogP contribution in [0.2, 0.25) is 0 Å². The number of carbonyl (C=O) groups excluding carboxylic acids is 1. The van der Waals surface area contributed by atoms with Crippen molar-refractivity contribution in [3.63, 3.8) is 0 Å². The number of fused-ring (bicyclic) bond motifs is 1. The molecule has 2 aromatic carbocycles. The molecule has 0 bridgehead atoms. The molecule has 1 amide bonds. The number of hydrogen-bond donors (Lipinski definition) is 1. The van der Waals surface area contributed by atoms with Gasteiger partial charge in [-0.25, -0.2) is 9.37 Å². The van der Waals surface area contributed by atoms with Gasteiger partial charge in [0.1, 0.15) is 10.6 Å². The SMILES string of the molecule is O=C(Nc1ccc(N2CCC(Cc3ccc(F)cc3)CC2)cc1)c1cc2sc(N3CCOCC3)nc2s1. The highest BCUT2D eigenvalue weighted by molar-refractivity contribution is 7.29. The summed E-state index contributed by atoms with van der Waals surface area (Å²) in [5, 5.41) is 4.04. The number of nitrogens with zero attached hydrogens (tertiary/aromatic N) is 3. The Hall–Kier alpha value is -3.01. The highest BCUT2D eigenvalue weighted by Crippen LogP contribution is 2.35. The maximum absolute atomic E-state index is 13.2. The minimum atomic E-state index is -0.177. The summed E-state index contributed by atoms with van der Waals surface area (Å²) in [4.78, 5) is 23.9. The maximum atomic E-state index is 13.2. The Morgan fingerprint density at radius 2 is 1.70 bits per heavy atom. The van der Waals surface area contributed by atoms with E-state index in [-0.39, 0.29) is 11.7 Å². The van der Waals surface area contributed by atoms with Crippen molar-refractivity contribution < 1.29 is 13.9 Å². The smallest absolute Gasteiger partial charge is 0.265 e. The molecule has 2 saturated heterocycles. The van der Waals surface area contributed by atoms with Crippen LogP contribution in [0.1, 0.15) is 28.1 Å². The quantitative estimate of drug-likeness (QED) is 0.325. The van der Waals surface area contributed by atoms with Gasteiger partial charge in [-0.2, -0.15) is 0 Å². The number of carbonyl (C=O) groups is 1. The number of thiazole rings is 1. The molecule has 6 rings (SSSR count). The lowest BCUT2D eigenvalue weighted by Crippen LogP contribution is -2.36. The van der Waals surface area contributed by atoms with Crippen LogP contribution in [0.4, 0.5) is 20.9 Å². The molecule has 6 nitrogen and oxygen atoms in total. The van der Waals surface area contributed by atoms with Crippen LogP contribution in [0.15, 0.2) is 54.6 Å². The number of piperidine rings is 1. The van der Waals surface area contributed by atoms with Gasteiger partial charge in [0.15, 0.2) is 5.13 Å². The Bertz CT molecular complexity index is 1320. The van der Waals surface area contributed by atoms with E-state index in [0.717, 1.165) is 79.0 Å². The summed E-state index contributed by atoms with van der Waals surface area (Å²) >= 11 is 3.08. The van der Waals surface area contributed by atoms with E-state index in [1.807, 2.05) is 30.3 Å². The van der Waals surface area contributed by atoms with Crippen molar-refractivity contribution in [3.8, 4) is 0 Å². The summed E-state index contributed by atoms with van der Waals surface area (Å²) in [5.74, 6) is 0.348. The van der Waals surface area contributed by atoms with Crippen molar-refractivity contribution in [2.75, 3.05) is 54.5 Å². The molecule has 37 heavy (non-hydrogen) atoms. The fourth-order valence-corrected chi connectivity index (χ4v) is 7.18. The van der Waals surface area contributed by atoms with Crippen molar-refractivity contribution in [1.82, 2.24) is 4.98 Å². The van der Waals surface area contributed by atoms with Crippen LogP contribution < -0.4 is 15.1 Å². The minimum Gasteiger partial charge on any atom is -0.378 e. The fraction of sp³-hybridized carbons (Fsp3) is 0.357. The second-order valence-corrected chi connectivity index (χ2v) is 11.7. The summed E-state index contributed by atoms with van der Waals surface area (Å²) in [5.41, 5.74) is 3.17. The number of thiophene rings is 1. The molecule has 9 heteroatoms. The van der Waals surface area contributed by atoms with Gasteiger partial charge in [-0.05, 0) is 73.2 Å². The molecule has 2 fully saturated rings. The van der Waals surface area contributed by atoms with Gasteiger partial charge in [0, 0.05) is 37.6 Å². The van der Waals surface area contributed by atoms with E-state index >= 15 is 0 Å². The van der Waals surface area contributed by atoms with Crippen LogP contribution >= 0.6 is 22.7 Å². The standard InChI is InChI=1S/C28H29FN4O2S2/c29-21-3-1-19(2-4-21)17-20-9-11-32(12-10-20)23-7-5-22(6-8-23)30-26(34)24-18-25-27(36-24)31-28(37-25)33-13-15-35-16-14-33/h1-8,18,20H,9-17H2,(H,30,34). The third kappa shape index (κ3) is 5.63. The molecule has 0 spiro atoms. The van der Waals surface area contributed by atoms with Crippen LogP contribution in [-0.2, 0) is 11.2 Å². The molecular weight excluding hydrogens is 507 g/mol. The minimum absolute atomic E-state index is 0.0996. The number of anilines is 3. The van der Waals surface area contributed by atoms with Gasteiger partial charge in [0.2, 0.25) is 0 Å². The molecule has 2 aromatic heterocycles.